The van der Waals surface area contributed by atoms with Gasteiger partial charge in [-0.3, -0.25) is 9.59 Å². The van der Waals surface area contributed by atoms with Crippen molar-refractivity contribution in [3.05, 3.63) is 29.8 Å². The highest BCUT2D eigenvalue weighted by atomic mass is 16.2. The smallest absolute Gasteiger partial charge is 0.246 e. The molecule has 1 aromatic carbocycles. The van der Waals surface area contributed by atoms with E-state index < -0.39 is 6.04 Å². The highest BCUT2D eigenvalue weighted by Crippen LogP contribution is 2.21. The number of nitrogens with one attached hydrogen (secondary N) is 2. The van der Waals surface area contributed by atoms with Gasteiger partial charge in [-0.05, 0) is 30.9 Å². The van der Waals surface area contributed by atoms with E-state index in [0.717, 1.165) is 24.1 Å². The summed E-state index contributed by atoms with van der Waals surface area (Å²) < 4.78 is 0. The lowest BCUT2D eigenvalue weighted by Gasteiger charge is -2.14. The van der Waals surface area contributed by atoms with Gasteiger partial charge in [0.15, 0.2) is 0 Å². The molecule has 1 aliphatic rings. The summed E-state index contributed by atoms with van der Waals surface area (Å²) in [5, 5.41) is 5.66. The van der Waals surface area contributed by atoms with Gasteiger partial charge in [0.05, 0.1) is 0 Å². The molecule has 2 rings (SSSR count). The van der Waals surface area contributed by atoms with Crippen molar-refractivity contribution in [2.24, 2.45) is 0 Å². The molecule has 0 aromatic heterocycles. The van der Waals surface area contributed by atoms with Crippen LogP contribution in [-0.4, -0.2) is 17.9 Å². The number of rotatable bonds is 3. The summed E-state index contributed by atoms with van der Waals surface area (Å²) in [4.78, 5) is 23.5. The first-order chi connectivity index (χ1) is 8.70. The number of hydrogen-bond donors (Lipinski definition) is 2. The number of carbonyl (C=O) groups is 2. The van der Waals surface area contributed by atoms with Crippen LogP contribution in [0.1, 0.15) is 31.7 Å². The molecule has 1 aliphatic heterocycles. The standard InChI is InChI=1S/C14H18N2O2/c1-2-5-13(17)15-12-9-8-10-6-3-4-7-11(10)16-14(12)18/h3-4,6-7,12H,2,5,8-9H2,1H3,(H,15,17)(H,16,18)/t12-/m1/s1. The minimum Gasteiger partial charge on any atom is -0.344 e. The van der Waals surface area contributed by atoms with Crippen molar-refractivity contribution in [1.82, 2.24) is 5.32 Å². The van der Waals surface area contributed by atoms with Crippen LogP contribution < -0.4 is 10.6 Å². The van der Waals surface area contributed by atoms with Crippen LogP contribution in [0.25, 0.3) is 0 Å². The van der Waals surface area contributed by atoms with Crippen molar-refractivity contribution < 1.29 is 9.59 Å². The SMILES string of the molecule is CCCC(=O)N[C@@H]1CCc2ccccc2NC1=O. The van der Waals surface area contributed by atoms with E-state index in [1.165, 1.54) is 0 Å². The Balaban J connectivity index is 2.05. The van der Waals surface area contributed by atoms with Gasteiger partial charge in [-0.2, -0.15) is 0 Å². The molecule has 2 amide bonds. The van der Waals surface area contributed by atoms with Crippen LogP contribution in [0.3, 0.4) is 0 Å². The van der Waals surface area contributed by atoms with Crippen molar-refractivity contribution in [2.75, 3.05) is 5.32 Å². The van der Waals surface area contributed by atoms with Crippen molar-refractivity contribution >= 4 is 17.5 Å². The number of carbonyl (C=O) groups excluding carboxylic acids is 2. The molecule has 0 unspecified atom stereocenters. The Morgan fingerprint density at radius 2 is 2.22 bits per heavy atom. The van der Waals surface area contributed by atoms with Crippen LogP contribution in [-0.2, 0) is 16.0 Å². The van der Waals surface area contributed by atoms with E-state index in [9.17, 15) is 9.59 Å². The van der Waals surface area contributed by atoms with Gasteiger partial charge in [0.1, 0.15) is 6.04 Å². The molecule has 1 aromatic rings. The van der Waals surface area contributed by atoms with Crippen molar-refractivity contribution in [2.45, 2.75) is 38.6 Å². The number of hydrogen-bond acceptors (Lipinski definition) is 2. The average molecular weight is 246 g/mol. The van der Waals surface area contributed by atoms with Gasteiger partial charge in [0.2, 0.25) is 11.8 Å². The maximum absolute atomic E-state index is 12.0. The third-order valence-electron chi connectivity index (χ3n) is 3.11. The topological polar surface area (TPSA) is 58.2 Å². The number of benzene rings is 1. The first-order valence-corrected chi connectivity index (χ1v) is 6.39. The van der Waals surface area contributed by atoms with Crippen molar-refractivity contribution in [3.63, 3.8) is 0 Å². The number of fused-ring (bicyclic) bond motifs is 1. The fourth-order valence-corrected chi connectivity index (χ4v) is 2.14. The van der Waals surface area contributed by atoms with Crippen LogP contribution in [0.5, 0.6) is 0 Å². The molecule has 0 saturated heterocycles. The first kappa shape index (κ1) is 12.6. The molecule has 4 heteroatoms. The Morgan fingerprint density at radius 1 is 1.44 bits per heavy atom. The molecule has 4 nitrogen and oxygen atoms in total. The summed E-state index contributed by atoms with van der Waals surface area (Å²) in [7, 11) is 0. The quantitative estimate of drug-likeness (QED) is 0.855. The molecule has 96 valence electrons. The second-order valence-electron chi connectivity index (χ2n) is 4.56. The normalized spacial score (nSPS) is 18.5. The predicted octanol–water partition coefficient (Wildman–Crippen LogP) is 1.86. The van der Waals surface area contributed by atoms with Gasteiger partial charge < -0.3 is 10.6 Å². The maximum Gasteiger partial charge on any atom is 0.246 e. The molecule has 1 atom stereocenters. The van der Waals surface area contributed by atoms with Crippen molar-refractivity contribution in [1.29, 1.82) is 0 Å². The van der Waals surface area contributed by atoms with Gasteiger partial charge in [-0.1, -0.05) is 25.1 Å². The zero-order valence-corrected chi connectivity index (χ0v) is 10.5. The lowest BCUT2D eigenvalue weighted by atomic mass is 10.1. The highest BCUT2D eigenvalue weighted by molar-refractivity contribution is 5.98. The summed E-state index contributed by atoms with van der Waals surface area (Å²) in [6.45, 7) is 1.95. The van der Waals surface area contributed by atoms with Crippen LogP contribution in [0.2, 0.25) is 0 Å². The summed E-state index contributed by atoms with van der Waals surface area (Å²) in [6.07, 6.45) is 2.71. The summed E-state index contributed by atoms with van der Waals surface area (Å²) in [5.41, 5.74) is 1.98. The maximum atomic E-state index is 12.0. The molecule has 2 N–H and O–H groups in total. The predicted molar refractivity (Wildman–Crippen MR) is 70.2 cm³/mol. The van der Waals surface area contributed by atoms with Crippen molar-refractivity contribution in [3.8, 4) is 0 Å². The summed E-state index contributed by atoms with van der Waals surface area (Å²) in [6, 6.07) is 7.34. The van der Waals surface area contributed by atoms with E-state index in [1.54, 1.807) is 0 Å². The van der Waals surface area contributed by atoms with Crippen LogP contribution in [0.4, 0.5) is 5.69 Å². The molecule has 0 fully saturated rings. The van der Waals surface area contributed by atoms with E-state index >= 15 is 0 Å². The molecular formula is C14H18N2O2. The zero-order chi connectivity index (χ0) is 13.0. The number of aryl methyl sites for hydroxylation is 1. The van der Waals surface area contributed by atoms with Gasteiger partial charge >= 0.3 is 0 Å². The van der Waals surface area contributed by atoms with Gasteiger partial charge in [0, 0.05) is 12.1 Å². The van der Waals surface area contributed by atoms with Gasteiger partial charge in [-0.15, -0.1) is 0 Å². The molecule has 0 spiro atoms. The zero-order valence-electron chi connectivity index (χ0n) is 10.5. The molecule has 0 saturated carbocycles. The fourth-order valence-electron chi connectivity index (χ4n) is 2.14. The molecule has 0 radical (unpaired) electrons. The molecule has 1 heterocycles. The Morgan fingerprint density at radius 3 is 3.00 bits per heavy atom. The minimum atomic E-state index is -0.420. The Hall–Kier alpha value is -1.84. The van der Waals surface area contributed by atoms with E-state index in [1.807, 2.05) is 31.2 Å². The van der Waals surface area contributed by atoms with E-state index in [-0.39, 0.29) is 11.8 Å². The summed E-state index contributed by atoms with van der Waals surface area (Å²) in [5.74, 6) is -0.173. The van der Waals surface area contributed by atoms with E-state index in [0.29, 0.717) is 12.8 Å². The minimum absolute atomic E-state index is 0.0522. The van der Waals surface area contributed by atoms with Crippen LogP contribution in [0.15, 0.2) is 24.3 Å². The lowest BCUT2D eigenvalue weighted by molar-refractivity contribution is -0.126. The second kappa shape index (κ2) is 5.67. The average Bonchev–Trinajstić information content (AvgIpc) is 2.50. The Bertz CT molecular complexity index is 457. The summed E-state index contributed by atoms with van der Waals surface area (Å²) >= 11 is 0. The number of amides is 2. The fraction of sp³-hybridized carbons (Fsp3) is 0.429. The van der Waals surface area contributed by atoms with Gasteiger partial charge in [-0.25, -0.2) is 0 Å². The molecule has 18 heavy (non-hydrogen) atoms. The molecular weight excluding hydrogens is 228 g/mol. The van der Waals surface area contributed by atoms with Crippen LogP contribution >= 0.6 is 0 Å². The number of anilines is 1. The number of para-hydroxylation sites is 1. The first-order valence-electron chi connectivity index (χ1n) is 6.39. The monoisotopic (exact) mass is 246 g/mol. The van der Waals surface area contributed by atoms with E-state index in [4.69, 9.17) is 0 Å². The Kier molecular flexibility index (Phi) is 3.97. The second-order valence-corrected chi connectivity index (χ2v) is 4.56. The van der Waals surface area contributed by atoms with E-state index in [2.05, 4.69) is 10.6 Å². The molecule has 0 aliphatic carbocycles. The lowest BCUT2D eigenvalue weighted by Crippen LogP contribution is -2.43. The third-order valence-corrected chi connectivity index (χ3v) is 3.11. The van der Waals surface area contributed by atoms with Gasteiger partial charge in [0.25, 0.3) is 0 Å². The third kappa shape index (κ3) is 2.88. The highest BCUT2D eigenvalue weighted by Gasteiger charge is 2.24. The molecule has 0 bridgehead atoms. The van der Waals surface area contributed by atoms with Crippen LogP contribution in [0, 0.1) is 0 Å². The Labute approximate surface area is 107 Å². The largest absolute Gasteiger partial charge is 0.344 e.